The van der Waals surface area contributed by atoms with E-state index in [0.717, 1.165) is 36.9 Å². The van der Waals surface area contributed by atoms with E-state index >= 15 is 0 Å². The Balaban J connectivity index is 1.92. The van der Waals surface area contributed by atoms with Gasteiger partial charge in [-0.05, 0) is 30.5 Å². The molecule has 42 heavy (non-hydrogen) atoms. The van der Waals surface area contributed by atoms with Crippen LogP contribution in [0.3, 0.4) is 0 Å². The van der Waals surface area contributed by atoms with Gasteiger partial charge in [-0.25, -0.2) is 13.1 Å². The van der Waals surface area contributed by atoms with Crippen LogP contribution >= 0.6 is 0 Å². The first-order valence-corrected chi connectivity index (χ1v) is 19.1. The molecule has 0 radical (unpaired) electrons. The van der Waals surface area contributed by atoms with E-state index in [2.05, 4.69) is 36.0 Å². The van der Waals surface area contributed by atoms with Crippen LogP contribution in [-0.4, -0.2) is 20.7 Å². The zero-order chi connectivity index (χ0) is 30.1. The molecule has 2 N–H and O–H groups in total. The largest absolute Gasteiger partial charge is 0.308 e. The SMILES string of the molecule is CCCCCCCCCCCCNC(c1ccccc1)C(NS(=O)(=O)CCCCCCCCCCC)c1ccccc1. The first-order valence-electron chi connectivity index (χ1n) is 17.4. The fourth-order valence-corrected chi connectivity index (χ4v) is 7.16. The number of unbranched alkanes of at least 4 members (excludes halogenated alkanes) is 17. The summed E-state index contributed by atoms with van der Waals surface area (Å²) in [6.45, 7) is 5.39. The predicted molar refractivity (Wildman–Crippen MR) is 182 cm³/mol. The van der Waals surface area contributed by atoms with E-state index in [0.29, 0.717) is 6.42 Å². The highest BCUT2D eigenvalue weighted by Gasteiger charge is 2.28. The summed E-state index contributed by atoms with van der Waals surface area (Å²) in [6, 6.07) is 19.9. The molecule has 2 atom stereocenters. The Labute approximate surface area is 259 Å². The number of nitrogens with one attached hydrogen (secondary N) is 2. The minimum atomic E-state index is -3.43. The van der Waals surface area contributed by atoms with Crippen LogP contribution in [0.5, 0.6) is 0 Å². The Bertz CT molecular complexity index is 981. The lowest BCUT2D eigenvalue weighted by Gasteiger charge is -2.30. The monoisotopic (exact) mass is 598 g/mol. The molecule has 0 heterocycles. The van der Waals surface area contributed by atoms with E-state index in [9.17, 15) is 8.42 Å². The molecule has 0 fully saturated rings. The van der Waals surface area contributed by atoms with Crippen LogP contribution in [0, 0.1) is 0 Å². The number of sulfonamides is 1. The first-order chi connectivity index (χ1) is 20.6. The van der Waals surface area contributed by atoms with E-state index in [-0.39, 0.29) is 17.8 Å². The summed E-state index contributed by atoms with van der Waals surface area (Å²) in [5.41, 5.74) is 2.11. The average molecular weight is 599 g/mol. The number of benzene rings is 2. The van der Waals surface area contributed by atoms with Crippen LogP contribution in [0.4, 0.5) is 0 Å². The fourth-order valence-electron chi connectivity index (χ4n) is 5.80. The Kier molecular flexibility index (Phi) is 20.6. The van der Waals surface area contributed by atoms with Crippen molar-refractivity contribution in [2.24, 2.45) is 0 Å². The van der Waals surface area contributed by atoms with Gasteiger partial charge in [0.05, 0.1) is 17.8 Å². The third-order valence-electron chi connectivity index (χ3n) is 8.37. The highest BCUT2D eigenvalue weighted by Crippen LogP contribution is 2.30. The van der Waals surface area contributed by atoms with Crippen molar-refractivity contribution >= 4 is 10.0 Å². The van der Waals surface area contributed by atoms with Gasteiger partial charge in [0.15, 0.2) is 0 Å². The highest BCUT2D eigenvalue weighted by molar-refractivity contribution is 7.89. The van der Waals surface area contributed by atoms with Gasteiger partial charge in [0.25, 0.3) is 0 Å². The van der Waals surface area contributed by atoms with Gasteiger partial charge >= 0.3 is 0 Å². The molecule has 2 unspecified atom stereocenters. The second-order valence-corrected chi connectivity index (χ2v) is 14.1. The second kappa shape index (κ2) is 23.7. The van der Waals surface area contributed by atoms with Gasteiger partial charge in [-0.1, -0.05) is 184 Å². The summed E-state index contributed by atoms with van der Waals surface area (Å²) in [5, 5.41) is 3.76. The Morgan fingerprint density at radius 2 is 0.881 bits per heavy atom. The van der Waals surface area contributed by atoms with Crippen LogP contribution in [0.25, 0.3) is 0 Å². The van der Waals surface area contributed by atoms with Crippen LogP contribution in [-0.2, 0) is 10.0 Å². The average Bonchev–Trinajstić information content (AvgIpc) is 3.01. The molecule has 5 heteroatoms. The summed E-state index contributed by atoms with van der Waals surface area (Å²) in [6.07, 6.45) is 23.6. The molecule has 0 aliphatic rings. The summed E-state index contributed by atoms with van der Waals surface area (Å²) >= 11 is 0. The quantitative estimate of drug-likeness (QED) is 0.101. The molecule has 0 aromatic heterocycles. The molecule has 238 valence electrons. The summed E-state index contributed by atoms with van der Waals surface area (Å²) in [4.78, 5) is 0. The smallest absolute Gasteiger partial charge is 0.212 e. The molecule has 0 aliphatic heterocycles. The molecule has 0 amide bonds. The van der Waals surface area contributed by atoms with Crippen molar-refractivity contribution in [3.63, 3.8) is 0 Å². The van der Waals surface area contributed by atoms with E-state index in [1.807, 2.05) is 48.5 Å². The third-order valence-corrected chi connectivity index (χ3v) is 9.81. The number of hydrogen-bond acceptors (Lipinski definition) is 3. The van der Waals surface area contributed by atoms with Crippen LogP contribution < -0.4 is 10.0 Å². The molecule has 0 saturated heterocycles. The van der Waals surface area contributed by atoms with Crippen molar-refractivity contribution < 1.29 is 8.42 Å². The molecule has 0 aliphatic carbocycles. The van der Waals surface area contributed by atoms with Crippen molar-refractivity contribution in [3.8, 4) is 0 Å². The summed E-state index contributed by atoms with van der Waals surface area (Å²) in [7, 11) is -3.43. The van der Waals surface area contributed by atoms with Crippen molar-refractivity contribution in [3.05, 3.63) is 71.8 Å². The van der Waals surface area contributed by atoms with Gasteiger partial charge in [-0.15, -0.1) is 0 Å². The van der Waals surface area contributed by atoms with Crippen molar-refractivity contribution in [1.29, 1.82) is 0 Å². The zero-order valence-electron chi connectivity index (χ0n) is 27.0. The van der Waals surface area contributed by atoms with Crippen molar-refractivity contribution in [2.45, 2.75) is 148 Å². The molecule has 2 aromatic rings. The Morgan fingerprint density at radius 1 is 0.500 bits per heavy atom. The minimum Gasteiger partial charge on any atom is -0.308 e. The molecule has 0 spiro atoms. The topological polar surface area (TPSA) is 58.2 Å². The fraction of sp³-hybridized carbons (Fsp3) is 0.676. The van der Waals surface area contributed by atoms with Crippen LogP contribution in [0.1, 0.15) is 159 Å². The lowest BCUT2D eigenvalue weighted by Crippen LogP contribution is -2.39. The van der Waals surface area contributed by atoms with Crippen LogP contribution in [0.15, 0.2) is 60.7 Å². The zero-order valence-corrected chi connectivity index (χ0v) is 27.8. The molecular formula is C37H62N2O2S. The Hall–Kier alpha value is -1.69. The van der Waals surface area contributed by atoms with E-state index < -0.39 is 10.0 Å². The summed E-state index contributed by atoms with van der Waals surface area (Å²) < 4.78 is 29.9. The molecule has 2 aromatic carbocycles. The van der Waals surface area contributed by atoms with E-state index in [1.165, 1.54) is 96.3 Å². The van der Waals surface area contributed by atoms with E-state index in [1.54, 1.807) is 0 Å². The maximum atomic E-state index is 13.4. The Morgan fingerprint density at radius 3 is 1.33 bits per heavy atom. The van der Waals surface area contributed by atoms with Crippen LogP contribution in [0.2, 0.25) is 0 Å². The highest BCUT2D eigenvalue weighted by atomic mass is 32.2. The number of hydrogen-bond donors (Lipinski definition) is 2. The van der Waals surface area contributed by atoms with Gasteiger partial charge in [0.2, 0.25) is 10.0 Å². The first kappa shape index (κ1) is 36.5. The molecule has 2 rings (SSSR count). The molecule has 0 saturated carbocycles. The molecule has 0 bridgehead atoms. The maximum Gasteiger partial charge on any atom is 0.212 e. The van der Waals surface area contributed by atoms with Gasteiger partial charge < -0.3 is 5.32 Å². The predicted octanol–water partition coefficient (Wildman–Crippen LogP) is 10.4. The lowest BCUT2D eigenvalue weighted by molar-refractivity contribution is 0.414. The van der Waals surface area contributed by atoms with Crippen molar-refractivity contribution in [1.82, 2.24) is 10.0 Å². The normalized spacial score (nSPS) is 13.3. The van der Waals surface area contributed by atoms with E-state index in [4.69, 9.17) is 0 Å². The third kappa shape index (κ3) is 16.8. The lowest BCUT2D eigenvalue weighted by atomic mass is 9.94. The van der Waals surface area contributed by atoms with Gasteiger partial charge in [-0.3, -0.25) is 0 Å². The van der Waals surface area contributed by atoms with Gasteiger partial charge in [-0.2, -0.15) is 0 Å². The second-order valence-electron chi connectivity index (χ2n) is 12.2. The number of rotatable bonds is 27. The summed E-state index contributed by atoms with van der Waals surface area (Å²) in [5.74, 6) is 0.187. The maximum absolute atomic E-state index is 13.4. The molecule has 4 nitrogen and oxygen atoms in total. The van der Waals surface area contributed by atoms with Gasteiger partial charge in [0, 0.05) is 0 Å². The minimum absolute atomic E-state index is 0.134. The van der Waals surface area contributed by atoms with Crippen molar-refractivity contribution in [2.75, 3.05) is 12.3 Å². The standard InChI is InChI=1S/C37H62N2O2S/c1-3-5-7-9-11-13-14-16-18-26-32-38-36(34-28-22-20-23-29-34)37(35-30-24-21-25-31-35)39-42(40,41)33-27-19-17-15-12-10-8-6-4-2/h20-25,28-31,36-39H,3-19,26-27,32-33H2,1-2H3. The molecular weight excluding hydrogens is 536 g/mol. The van der Waals surface area contributed by atoms with Gasteiger partial charge in [0.1, 0.15) is 0 Å².